The number of carbonyl (C=O) groups excluding carboxylic acids is 1. The number of aromatic nitrogens is 4. The molecule has 0 radical (unpaired) electrons. The van der Waals surface area contributed by atoms with E-state index in [9.17, 15) is 14.9 Å². The number of hydrogen-bond acceptors (Lipinski definition) is 6. The monoisotopic (exact) mass is 476 g/mol. The number of furan rings is 1. The fraction of sp³-hybridized carbons (Fsp3) is 0.320. The van der Waals surface area contributed by atoms with Crippen molar-refractivity contribution in [1.29, 1.82) is 0 Å². The van der Waals surface area contributed by atoms with Crippen LogP contribution in [0.1, 0.15) is 52.8 Å². The van der Waals surface area contributed by atoms with Crippen LogP contribution in [-0.2, 0) is 26.1 Å². The van der Waals surface area contributed by atoms with Crippen LogP contribution in [0.3, 0.4) is 0 Å². The van der Waals surface area contributed by atoms with E-state index in [-0.39, 0.29) is 23.9 Å². The summed E-state index contributed by atoms with van der Waals surface area (Å²) in [6.07, 6.45) is 2.63. The normalized spacial score (nSPS) is 11.1. The van der Waals surface area contributed by atoms with Gasteiger partial charge in [0, 0.05) is 18.4 Å². The number of aryl methyl sites for hydroxylation is 3. The van der Waals surface area contributed by atoms with E-state index in [0.29, 0.717) is 30.2 Å². The fourth-order valence-electron chi connectivity index (χ4n) is 4.10. The Balaban J connectivity index is 1.62. The molecule has 4 aromatic rings. The summed E-state index contributed by atoms with van der Waals surface area (Å²) in [5.74, 6) is 0.371. The van der Waals surface area contributed by atoms with Crippen LogP contribution in [-0.4, -0.2) is 30.4 Å². The van der Waals surface area contributed by atoms with E-state index in [0.717, 1.165) is 17.8 Å². The Morgan fingerprint density at radius 3 is 2.46 bits per heavy atom. The smallest absolute Gasteiger partial charge is 0.312 e. The van der Waals surface area contributed by atoms with Gasteiger partial charge in [-0.2, -0.15) is 10.2 Å². The third kappa shape index (κ3) is 4.86. The van der Waals surface area contributed by atoms with Gasteiger partial charge in [0.05, 0.1) is 23.7 Å². The highest BCUT2D eigenvalue weighted by Gasteiger charge is 2.25. The Labute approximate surface area is 202 Å². The third-order valence-corrected chi connectivity index (χ3v) is 6.03. The van der Waals surface area contributed by atoms with Crippen LogP contribution in [0.25, 0.3) is 0 Å². The SMILES string of the molecule is CCc1ccc(N(Cc2ccnn2CC)C(=O)c2ccc(Cn3nc(C)c([N+](=O)[O-])c3C)o2)cc1. The minimum atomic E-state index is -0.437. The molecule has 3 heterocycles. The number of rotatable bonds is 9. The zero-order chi connectivity index (χ0) is 25.1. The molecule has 35 heavy (non-hydrogen) atoms. The summed E-state index contributed by atoms with van der Waals surface area (Å²) in [4.78, 5) is 26.1. The molecule has 1 aromatic carbocycles. The van der Waals surface area contributed by atoms with Gasteiger partial charge in [-0.3, -0.25) is 29.2 Å². The molecule has 1 amide bonds. The Morgan fingerprint density at radius 2 is 1.83 bits per heavy atom. The van der Waals surface area contributed by atoms with Crippen molar-refractivity contribution in [1.82, 2.24) is 19.6 Å². The molecule has 0 aliphatic carbocycles. The lowest BCUT2D eigenvalue weighted by Crippen LogP contribution is -2.31. The van der Waals surface area contributed by atoms with Crippen molar-refractivity contribution >= 4 is 17.3 Å². The van der Waals surface area contributed by atoms with Crippen LogP contribution in [0, 0.1) is 24.0 Å². The largest absolute Gasteiger partial charge is 0.454 e. The lowest BCUT2D eigenvalue weighted by Gasteiger charge is -2.22. The lowest BCUT2D eigenvalue weighted by molar-refractivity contribution is -0.386. The van der Waals surface area contributed by atoms with Gasteiger partial charge in [0.2, 0.25) is 0 Å². The first-order chi connectivity index (χ1) is 16.8. The number of benzene rings is 1. The average Bonchev–Trinajstić information content (AvgIpc) is 3.56. The zero-order valence-corrected chi connectivity index (χ0v) is 20.3. The summed E-state index contributed by atoms with van der Waals surface area (Å²) < 4.78 is 9.26. The molecule has 10 heteroatoms. The van der Waals surface area contributed by atoms with Gasteiger partial charge in [-0.1, -0.05) is 19.1 Å². The molecule has 3 aromatic heterocycles. The van der Waals surface area contributed by atoms with E-state index in [4.69, 9.17) is 4.42 Å². The predicted molar refractivity (Wildman–Crippen MR) is 130 cm³/mol. The Morgan fingerprint density at radius 1 is 1.09 bits per heavy atom. The van der Waals surface area contributed by atoms with Crippen LogP contribution < -0.4 is 4.90 Å². The van der Waals surface area contributed by atoms with E-state index in [1.54, 1.807) is 37.1 Å². The first-order valence-corrected chi connectivity index (χ1v) is 11.5. The molecule has 0 N–H and O–H groups in total. The van der Waals surface area contributed by atoms with Crippen LogP contribution in [0.2, 0.25) is 0 Å². The molecular formula is C25H28N6O4. The van der Waals surface area contributed by atoms with E-state index < -0.39 is 4.92 Å². The maximum absolute atomic E-state index is 13.6. The highest BCUT2D eigenvalue weighted by atomic mass is 16.6. The minimum absolute atomic E-state index is 0.0120. The Kier molecular flexibility index (Phi) is 6.81. The molecule has 0 aliphatic heterocycles. The predicted octanol–water partition coefficient (Wildman–Crippen LogP) is 4.68. The van der Waals surface area contributed by atoms with E-state index in [1.165, 1.54) is 10.2 Å². The average molecular weight is 477 g/mol. The number of anilines is 1. The molecule has 0 fully saturated rings. The molecule has 10 nitrogen and oxygen atoms in total. The van der Waals surface area contributed by atoms with E-state index in [1.807, 2.05) is 41.9 Å². The molecule has 0 saturated heterocycles. The van der Waals surface area contributed by atoms with Crippen molar-refractivity contribution in [2.45, 2.75) is 53.8 Å². The van der Waals surface area contributed by atoms with E-state index >= 15 is 0 Å². The summed E-state index contributed by atoms with van der Waals surface area (Å²) in [5.41, 5.74) is 3.60. The molecule has 4 rings (SSSR count). The first kappa shape index (κ1) is 23.9. The Hall–Kier alpha value is -4.21. The second-order valence-electron chi connectivity index (χ2n) is 8.25. The molecule has 0 unspecified atom stereocenters. The molecule has 0 spiro atoms. The van der Waals surface area contributed by atoms with Crippen molar-refractivity contribution < 1.29 is 14.1 Å². The minimum Gasteiger partial charge on any atom is -0.454 e. The number of nitrogens with zero attached hydrogens (tertiary/aromatic N) is 6. The van der Waals surface area contributed by atoms with Crippen LogP contribution >= 0.6 is 0 Å². The summed E-state index contributed by atoms with van der Waals surface area (Å²) >= 11 is 0. The van der Waals surface area contributed by atoms with Crippen molar-refractivity contribution in [3.05, 3.63) is 92.9 Å². The fourth-order valence-corrected chi connectivity index (χ4v) is 4.10. The summed E-state index contributed by atoms with van der Waals surface area (Å²) in [7, 11) is 0. The summed E-state index contributed by atoms with van der Waals surface area (Å²) in [6.45, 7) is 8.53. The molecule has 0 atom stereocenters. The van der Waals surface area contributed by atoms with Gasteiger partial charge < -0.3 is 4.42 Å². The highest BCUT2D eigenvalue weighted by molar-refractivity contribution is 6.04. The molecular weight excluding hydrogens is 448 g/mol. The van der Waals surface area contributed by atoms with Gasteiger partial charge in [-0.15, -0.1) is 0 Å². The van der Waals surface area contributed by atoms with Crippen molar-refractivity contribution in [3.63, 3.8) is 0 Å². The topological polar surface area (TPSA) is 112 Å². The van der Waals surface area contributed by atoms with Gasteiger partial charge >= 0.3 is 5.69 Å². The third-order valence-electron chi connectivity index (χ3n) is 6.03. The van der Waals surface area contributed by atoms with Gasteiger partial charge in [-0.25, -0.2) is 0 Å². The summed E-state index contributed by atoms with van der Waals surface area (Å²) in [6, 6.07) is 13.1. The molecule has 0 aliphatic rings. The van der Waals surface area contributed by atoms with Crippen molar-refractivity contribution in [2.75, 3.05) is 4.90 Å². The number of nitro groups is 1. The summed E-state index contributed by atoms with van der Waals surface area (Å²) in [5, 5.41) is 19.9. The Bertz CT molecular complexity index is 1350. The van der Waals surface area contributed by atoms with Gasteiger partial charge in [0.15, 0.2) is 5.76 Å². The van der Waals surface area contributed by atoms with Crippen LogP contribution in [0.4, 0.5) is 11.4 Å². The second-order valence-corrected chi connectivity index (χ2v) is 8.25. The zero-order valence-electron chi connectivity index (χ0n) is 20.3. The lowest BCUT2D eigenvalue weighted by atomic mass is 10.1. The quantitative estimate of drug-likeness (QED) is 0.256. The molecule has 0 saturated carbocycles. The van der Waals surface area contributed by atoms with E-state index in [2.05, 4.69) is 17.1 Å². The van der Waals surface area contributed by atoms with Gasteiger partial charge in [-0.05, 0) is 63.1 Å². The van der Waals surface area contributed by atoms with Crippen LogP contribution in [0.15, 0.2) is 53.1 Å². The molecule has 182 valence electrons. The highest BCUT2D eigenvalue weighted by Crippen LogP contribution is 2.25. The molecule has 0 bridgehead atoms. The van der Waals surface area contributed by atoms with Crippen molar-refractivity contribution in [2.24, 2.45) is 0 Å². The maximum atomic E-state index is 13.6. The standard InChI is InChI=1S/C25H28N6O4/c1-5-19-7-9-20(10-8-19)28(15-21-13-14-26-29(21)6-2)25(32)23-12-11-22(35-23)16-30-18(4)24(31(33)34)17(3)27-30/h7-14H,5-6,15-16H2,1-4H3. The van der Waals surface area contributed by atoms with Crippen LogP contribution in [0.5, 0.6) is 0 Å². The van der Waals surface area contributed by atoms with Gasteiger partial charge in [0.1, 0.15) is 17.1 Å². The van der Waals surface area contributed by atoms with Gasteiger partial charge in [0.25, 0.3) is 5.91 Å². The number of carbonyl (C=O) groups is 1. The number of amides is 1. The first-order valence-electron chi connectivity index (χ1n) is 11.5. The maximum Gasteiger partial charge on any atom is 0.312 e. The van der Waals surface area contributed by atoms with Crippen molar-refractivity contribution in [3.8, 4) is 0 Å². The number of hydrogen-bond donors (Lipinski definition) is 0. The second kappa shape index (κ2) is 9.96.